The molecule has 0 atom stereocenters. The van der Waals surface area contributed by atoms with E-state index in [2.05, 4.69) is 0 Å². The molecule has 0 aromatic heterocycles. The van der Waals surface area contributed by atoms with Crippen molar-refractivity contribution >= 4 is 34.6 Å². The highest BCUT2D eigenvalue weighted by Gasteiger charge is 2.14. The summed E-state index contributed by atoms with van der Waals surface area (Å²) in [6.07, 6.45) is 0. The second-order valence-electron chi connectivity index (χ2n) is 2.70. The number of hydrogen-bond donors (Lipinski definition) is 4. The van der Waals surface area contributed by atoms with Crippen molar-refractivity contribution in [3.8, 4) is 0 Å². The minimum absolute atomic E-state index is 0.0253. The van der Waals surface area contributed by atoms with E-state index >= 15 is 0 Å². The summed E-state index contributed by atoms with van der Waals surface area (Å²) in [6, 6.07) is 2.71. The molecule has 74 valence electrons. The number of aromatic carboxylic acids is 1. The number of anilines is 2. The topological polar surface area (TPSA) is 115 Å². The molecule has 5 nitrogen and oxygen atoms in total. The van der Waals surface area contributed by atoms with Gasteiger partial charge in [-0.2, -0.15) is 0 Å². The molecule has 14 heavy (non-hydrogen) atoms. The van der Waals surface area contributed by atoms with Crippen LogP contribution in [-0.2, 0) is 0 Å². The fraction of sp³-hybridized carbons (Fsp3) is 0. The fourth-order valence-corrected chi connectivity index (χ4v) is 1.23. The van der Waals surface area contributed by atoms with Gasteiger partial charge in [-0.05, 0) is 12.1 Å². The number of carbonyl (C=O) groups is 1. The van der Waals surface area contributed by atoms with Gasteiger partial charge in [0.1, 0.15) is 4.99 Å². The molecule has 0 saturated carbocycles. The maximum absolute atomic E-state index is 10.7. The van der Waals surface area contributed by atoms with Crippen LogP contribution in [0.3, 0.4) is 0 Å². The SMILES string of the molecule is NC(=S)c1cc(N)cc(C(=O)O)c1N. The van der Waals surface area contributed by atoms with Crippen LogP contribution in [0.2, 0.25) is 0 Å². The van der Waals surface area contributed by atoms with Crippen LogP contribution in [0, 0.1) is 0 Å². The van der Waals surface area contributed by atoms with E-state index in [1.807, 2.05) is 0 Å². The third-order valence-electron chi connectivity index (χ3n) is 1.70. The van der Waals surface area contributed by atoms with Crippen molar-refractivity contribution in [2.24, 2.45) is 5.73 Å². The van der Waals surface area contributed by atoms with E-state index in [-0.39, 0.29) is 27.5 Å². The summed E-state index contributed by atoms with van der Waals surface area (Å²) in [5, 5.41) is 8.78. The molecular weight excluding hydrogens is 202 g/mol. The summed E-state index contributed by atoms with van der Waals surface area (Å²) in [4.78, 5) is 10.8. The Kier molecular flexibility index (Phi) is 2.57. The van der Waals surface area contributed by atoms with Gasteiger partial charge >= 0.3 is 5.97 Å². The van der Waals surface area contributed by atoms with E-state index in [9.17, 15) is 4.79 Å². The average molecular weight is 211 g/mol. The van der Waals surface area contributed by atoms with Crippen LogP contribution in [-0.4, -0.2) is 16.1 Å². The van der Waals surface area contributed by atoms with Crippen LogP contribution in [0.5, 0.6) is 0 Å². The first-order valence-corrected chi connectivity index (χ1v) is 4.06. The van der Waals surface area contributed by atoms with Gasteiger partial charge in [-0.1, -0.05) is 12.2 Å². The van der Waals surface area contributed by atoms with Gasteiger partial charge in [-0.15, -0.1) is 0 Å². The molecule has 0 radical (unpaired) electrons. The maximum Gasteiger partial charge on any atom is 0.337 e. The van der Waals surface area contributed by atoms with Crippen molar-refractivity contribution in [3.63, 3.8) is 0 Å². The molecule has 7 N–H and O–H groups in total. The Bertz CT molecular complexity index is 382. The number of benzene rings is 1. The third kappa shape index (κ3) is 1.74. The second-order valence-corrected chi connectivity index (χ2v) is 3.14. The van der Waals surface area contributed by atoms with Gasteiger partial charge in [0.05, 0.1) is 11.3 Å². The highest BCUT2D eigenvalue weighted by atomic mass is 32.1. The fourth-order valence-electron chi connectivity index (χ4n) is 1.06. The van der Waals surface area contributed by atoms with Crippen molar-refractivity contribution in [2.75, 3.05) is 11.5 Å². The highest BCUT2D eigenvalue weighted by molar-refractivity contribution is 7.80. The van der Waals surface area contributed by atoms with E-state index in [1.54, 1.807) is 0 Å². The highest BCUT2D eigenvalue weighted by Crippen LogP contribution is 2.21. The number of nitrogen functional groups attached to an aromatic ring is 2. The van der Waals surface area contributed by atoms with E-state index in [0.717, 1.165) is 0 Å². The lowest BCUT2D eigenvalue weighted by Crippen LogP contribution is -2.15. The lowest BCUT2D eigenvalue weighted by atomic mass is 10.1. The number of rotatable bonds is 2. The van der Waals surface area contributed by atoms with Gasteiger partial charge < -0.3 is 22.3 Å². The van der Waals surface area contributed by atoms with Gasteiger partial charge in [0.2, 0.25) is 0 Å². The van der Waals surface area contributed by atoms with Gasteiger partial charge in [0.25, 0.3) is 0 Å². The monoisotopic (exact) mass is 211 g/mol. The Morgan fingerprint density at radius 3 is 2.21 bits per heavy atom. The molecule has 1 rings (SSSR count). The first-order chi connectivity index (χ1) is 6.43. The number of carboxylic acid groups (broad SMARTS) is 1. The number of nitrogens with two attached hydrogens (primary N) is 3. The van der Waals surface area contributed by atoms with E-state index < -0.39 is 5.97 Å². The standard InChI is InChI=1S/C8H9N3O2S/c9-3-1-4(7(11)14)6(10)5(2-3)8(12)13/h1-2H,9-10H2,(H2,11,14)(H,12,13). The number of hydrogen-bond acceptors (Lipinski definition) is 4. The largest absolute Gasteiger partial charge is 0.478 e. The summed E-state index contributed by atoms with van der Waals surface area (Å²) in [5.41, 5.74) is 16.9. The molecule has 0 amide bonds. The van der Waals surface area contributed by atoms with Gasteiger partial charge in [0.15, 0.2) is 0 Å². The Balaban J connectivity index is 3.47. The van der Waals surface area contributed by atoms with Crippen molar-refractivity contribution < 1.29 is 9.90 Å². The molecular formula is C8H9N3O2S. The van der Waals surface area contributed by atoms with Crippen LogP contribution in [0.15, 0.2) is 12.1 Å². The molecule has 0 unspecified atom stereocenters. The van der Waals surface area contributed by atoms with Crippen molar-refractivity contribution in [3.05, 3.63) is 23.3 Å². The predicted octanol–water partition coefficient (Wildman–Crippen LogP) is 0.183. The molecule has 1 aromatic rings. The van der Waals surface area contributed by atoms with E-state index in [1.165, 1.54) is 12.1 Å². The van der Waals surface area contributed by atoms with Crippen molar-refractivity contribution in [2.45, 2.75) is 0 Å². The Hall–Kier alpha value is -1.82. The number of carboxylic acids is 1. The molecule has 6 heteroatoms. The molecule has 0 aliphatic rings. The van der Waals surface area contributed by atoms with E-state index in [0.29, 0.717) is 0 Å². The predicted molar refractivity (Wildman–Crippen MR) is 58.1 cm³/mol. The molecule has 0 heterocycles. The molecule has 0 aliphatic carbocycles. The smallest absolute Gasteiger partial charge is 0.337 e. The zero-order valence-electron chi connectivity index (χ0n) is 7.15. The average Bonchev–Trinajstić information content (AvgIpc) is 2.07. The summed E-state index contributed by atoms with van der Waals surface area (Å²) >= 11 is 4.70. The summed E-state index contributed by atoms with van der Waals surface area (Å²) in [6.45, 7) is 0. The van der Waals surface area contributed by atoms with Crippen LogP contribution >= 0.6 is 12.2 Å². The zero-order chi connectivity index (χ0) is 10.9. The zero-order valence-corrected chi connectivity index (χ0v) is 7.97. The number of thiocarbonyl (C=S) groups is 1. The molecule has 0 spiro atoms. The summed E-state index contributed by atoms with van der Waals surface area (Å²) in [5.74, 6) is -1.16. The Labute approximate surface area is 85.5 Å². The normalized spacial score (nSPS) is 9.71. The summed E-state index contributed by atoms with van der Waals surface area (Å²) in [7, 11) is 0. The van der Waals surface area contributed by atoms with Crippen LogP contribution in [0.25, 0.3) is 0 Å². The lowest BCUT2D eigenvalue weighted by molar-refractivity contribution is 0.0698. The third-order valence-corrected chi connectivity index (χ3v) is 1.92. The Morgan fingerprint density at radius 2 is 1.79 bits per heavy atom. The molecule has 0 fully saturated rings. The molecule has 0 bridgehead atoms. The minimum atomic E-state index is -1.16. The first kappa shape index (κ1) is 10.3. The molecule has 0 saturated heterocycles. The maximum atomic E-state index is 10.7. The Morgan fingerprint density at radius 1 is 1.29 bits per heavy atom. The van der Waals surface area contributed by atoms with Crippen LogP contribution < -0.4 is 17.2 Å². The van der Waals surface area contributed by atoms with E-state index in [4.69, 9.17) is 34.5 Å². The summed E-state index contributed by atoms with van der Waals surface area (Å²) < 4.78 is 0. The van der Waals surface area contributed by atoms with Gasteiger partial charge in [-0.25, -0.2) is 4.79 Å². The van der Waals surface area contributed by atoms with Crippen LogP contribution in [0.1, 0.15) is 15.9 Å². The van der Waals surface area contributed by atoms with Crippen molar-refractivity contribution in [1.82, 2.24) is 0 Å². The molecule has 1 aromatic carbocycles. The lowest BCUT2D eigenvalue weighted by Gasteiger charge is -2.08. The van der Waals surface area contributed by atoms with Crippen molar-refractivity contribution in [1.29, 1.82) is 0 Å². The minimum Gasteiger partial charge on any atom is -0.478 e. The van der Waals surface area contributed by atoms with Crippen LogP contribution in [0.4, 0.5) is 11.4 Å². The quantitative estimate of drug-likeness (QED) is 0.410. The van der Waals surface area contributed by atoms with Gasteiger partial charge in [0, 0.05) is 11.3 Å². The molecule has 0 aliphatic heterocycles. The van der Waals surface area contributed by atoms with Gasteiger partial charge in [-0.3, -0.25) is 0 Å². The second kappa shape index (κ2) is 3.51. The first-order valence-electron chi connectivity index (χ1n) is 3.65.